The lowest BCUT2D eigenvalue weighted by molar-refractivity contribution is 0.103. The minimum absolute atomic E-state index is 0.243. The third kappa shape index (κ3) is 2.42. The highest BCUT2D eigenvalue weighted by Gasteiger charge is 2.14. The van der Waals surface area contributed by atoms with Gasteiger partial charge >= 0.3 is 0 Å². The minimum atomic E-state index is -0.243. The highest BCUT2D eigenvalue weighted by atomic mass is 35.5. The zero-order chi connectivity index (χ0) is 13.4. The van der Waals surface area contributed by atoms with Crippen molar-refractivity contribution in [2.45, 2.75) is 0 Å². The van der Waals surface area contributed by atoms with Crippen LogP contribution in [0.2, 0.25) is 5.02 Å². The van der Waals surface area contributed by atoms with Crippen molar-refractivity contribution in [3.63, 3.8) is 0 Å². The first kappa shape index (κ1) is 12.4. The Morgan fingerprint density at radius 3 is 2.95 bits per heavy atom. The second kappa shape index (κ2) is 4.80. The molecule has 0 bridgehead atoms. The maximum Gasteiger partial charge on any atom is 0.269 e. The average Bonchev–Trinajstić information content (AvgIpc) is 2.94. The molecule has 1 aromatic carbocycles. The van der Waals surface area contributed by atoms with Gasteiger partial charge in [-0.3, -0.25) is 10.1 Å². The van der Waals surface area contributed by atoms with Gasteiger partial charge in [0.25, 0.3) is 5.91 Å². The maximum atomic E-state index is 12.0. The van der Waals surface area contributed by atoms with E-state index < -0.39 is 0 Å². The summed E-state index contributed by atoms with van der Waals surface area (Å²) in [6.45, 7) is 0. The predicted octanol–water partition coefficient (Wildman–Crippen LogP) is 3.85. The summed E-state index contributed by atoms with van der Waals surface area (Å²) in [6, 6.07) is 7.14. The van der Waals surface area contributed by atoms with Crippen LogP contribution in [0.5, 0.6) is 0 Å². The zero-order valence-corrected chi connectivity index (χ0v) is 11.9. The number of anilines is 2. The van der Waals surface area contributed by atoms with Crippen molar-refractivity contribution >= 4 is 61.2 Å². The van der Waals surface area contributed by atoms with Crippen molar-refractivity contribution in [2.24, 2.45) is 0 Å². The fraction of sp³-hybridized carbons (Fsp3) is 0. The minimum Gasteiger partial charge on any atom is -0.399 e. The molecule has 1 amide bonds. The van der Waals surface area contributed by atoms with Crippen LogP contribution in [0.3, 0.4) is 0 Å². The number of halogens is 1. The number of nitrogens with one attached hydrogen (secondary N) is 1. The molecule has 0 fully saturated rings. The Labute approximate surface area is 121 Å². The van der Waals surface area contributed by atoms with Crippen molar-refractivity contribution in [2.75, 3.05) is 11.1 Å². The Balaban J connectivity index is 1.89. The van der Waals surface area contributed by atoms with E-state index in [2.05, 4.69) is 10.3 Å². The molecular weight excluding hydrogens is 302 g/mol. The van der Waals surface area contributed by atoms with Gasteiger partial charge in [0.2, 0.25) is 0 Å². The van der Waals surface area contributed by atoms with Gasteiger partial charge in [-0.15, -0.1) is 11.3 Å². The second-order valence-corrected chi connectivity index (χ2v) is 6.15. The number of rotatable bonds is 2. The third-order valence-electron chi connectivity index (χ3n) is 2.46. The Kier molecular flexibility index (Phi) is 3.14. The molecule has 0 saturated carbocycles. The lowest BCUT2D eigenvalue weighted by Gasteiger charge is -1.98. The molecule has 19 heavy (non-hydrogen) atoms. The number of thiophene rings is 1. The number of nitrogens with zero attached hydrogens (tertiary/aromatic N) is 1. The van der Waals surface area contributed by atoms with Crippen LogP contribution in [-0.4, -0.2) is 10.9 Å². The molecule has 0 unspecified atom stereocenters. The first-order valence-electron chi connectivity index (χ1n) is 5.34. The molecule has 3 N–H and O–H groups in total. The number of nitrogen functional groups attached to an aromatic ring is 1. The van der Waals surface area contributed by atoms with Gasteiger partial charge in [-0.1, -0.05) is 22.9 Å². The number of aromatic nitrogens is 1. The number of hydrogen-bond acceptors (Lipinski definition) is 5. The Morgan fingerprint density at radius 2 is 2.21 bits per heavy atom. The largest absolute Gasteiger partial charge is 0.399 e. The van der Waals surface area contributed by atoms with Gasteiger partial charge < -0.3 is 5.73 Å². The number of nitrogens with two attached hydrogens (primary N) is 1. The lowest BCUT2D eigenvalue weighted by Crippen LogP contribution is -2.10. The summed E-state index contributed by atoms with van der Waals surface area (Å²) in [4.78, 5) is 16.8. The van der Waals surface area contributed by atoms with Crippen LogP contribution in [0, 0.1) is 0 Å². The summed E-state index contributed by atoms with van der Waals surface area (Å²) >= 11 is 8.60. The van der Waals surface area contributed by atoms with Crippen molar-refractivity contribution < 1.29 is 4.79 Å². The van der Waals surface area contributed by atoms with Crippen LogP contribution in [0.1, 0.15) is 9.67 Å². The summed E-state index contributed by atoms with van der Waals surface area (Å²) in [5.74, 6) is -0.243. The molecular formula is C12H8ClN3OS2. The van der Waals surface area contributed by atoms with Crippen LogP contribution < -0.4 is 11.1 Å². The van der Waals surface area contributed by atoms with Crippen LogP contribution in [0.4, 0.5) is 10.8 Å². The second-order valence-electron chi connectivity index (χ2n) is 3.80. The number of amides is 1. The molecule has 2 aromatic heterocycles. The average molecular weight is 310 g/mol. The highest BCUT2D eigenvalue weighted by Crippen LogP contribution is 2.29. The molecule has 0 aliphatic carbocycles. The summed E-state index contributed by atoms with van der Waals surface area (Å²) in [5.41, 5.74) is 7.20. The van der Waals surface area contributed by atoms with E-state index in [1.54, 1.807) is 17.5 Å². The fourth-order valence-corrected chi connectivity index (χ4v) is 3.55. The van der Waals surface area contributed by atoms with E-state index in [1.807, 2.05) is 12.1 Å². The molecule has 0 aliphatic heterocycles. The van der Waals surface area contributed by atoms with Gasteiger partial charge in [-0.2, -0.15) is 0 Å². The maximum absolute atomic E-state index is 12.0. The molecule has 0 atom stereocenters. The monoisotopic (exact) mass is 309 g/mol. The SMILES string of the molecule is Nc1ccc2nc(NC(=O)c3sccc3Cl)sc2c1. The smallest absolute Gasteiger partial charge is 0.269 e. The van der Waals surface area contributed by atoms with Gasteiger partial charge in [0, 0.05) is 5.69 Å². The van der Waals surface area contributed by atoms with Crippen LogP contribution in [-0.2, 0) is 0 Å². The number of carbonyl (C=O) groups is 1. The Hall–Kier alpha value is -1.63. The standard InChI is InChI=1S/C12H8ClN3OS2/c13-7-3-4-18-10(7)11(17)16-12-15-8-2-1-6(14)5-9(8)19-12/h1-5H,14H2,(H,15,16,17). The highest BCUT2D eigenvalue weighted by molar-refractivity contribution is 7.22. The molecule has 4 nitrogen and oxygen atoms in total. The zero-order valence-electron chi connectivity index (χ0n) is 9.51. The first-order chi connectivity index (χ1) is 9.13. The van der Waals surface area contributed by atoms with Crippen molar-refractivity contribution in [3.8, 4) is 0 Å². The van der Waals surface area contributed by atoms with E-state index >= 15 is 0 Å². The van der Waals surface area contributed by atoms with Gasteiger partial charge in [0.15, 0.2) is 5.13 Å². The van der Waals surface area contributed by atoms with Crippen molar-refractivity contribution in [1.82, 2.24) is 4.98 Å². The molecule has 3 rings (SSSR count). The van der Waals surface area contributed by atoms with Gasteiger partial charge in [-0.05, 0) is 29.6 Å². The molecule has 3 aromatic rings. The quantitative estimate of drug-likeness (QED) is 0.707. The third-order valence-corrected chi connectivity index (χ3v) is 4.73. The molecule has 2 heterocycles. The Bertz CT molecular complexity index is 765. The molecule has 7 heteroatoms. The molecule has 0 saturated heterocycles. The summed E-state index contributed by atoms with van der Waals surface area (Å²) < 4.78 is 0.938. The van der Waals surface area contributed by atoms with E-state index in [0.717, 1.165) is 10.2 Å². The van der Waals surface area contributed by atoms with Crippen molar-refractivity contribution in [3.05, 3.63) is 39.5 Å². The summed E-state index contributed by atoms with van der Waals surface area (Å²) in [7, 11) is 0. The van der Waals surface area contributed by atoms with Crippen molar-refractivity contribution in [1.29, 1.82) is 0 Å². The van der Waals surface area contributed by atoms with E-state index in [9.17, 15) is 4.79 Å². The number of hydrogen-bond donors (Lipinski definition) is 2. The number of fused-ring (bicyclic) bond motifs is 1. The van der Waals surface area contributed by atoms with Crippen LogP contribution >= 0.6 is 34.3 Å². The van der Waals surface area contributed by atoms with Gasteiger partial charge in [-0.25, -0.2) is 4.98 Å². The summed E-state index contributed by atoms with van der Waals surface area (Å²) in [6.07, 6.45) is 0. The predicted molar refractivity (Wildman–Crippen MR) is 81.3 cm³/mol. The number of thiazole rings is 1. The van der Waals surface area contributed by atoms with E-state index in [4.69, 9.17) is 17.3 Å². The van der Waals surface area contributed by atoms with Gasteiger partial charge in [0.1, 0.15) is 4.88 Å². The van der Waals surface area contributed by atoms with Crippen LogP contribution in [0.15, 0.2) is 29.6 Å². The summed E-state index contributed by atoms with van der Waals surface area (Å²) in [5, 5.41) is 5.51. The number of carbonyl (C=O) groups excluding carboxylic acids is 1. The van der Waals surface area contributed by atoms with E-state index in [0.29, 0.717) is 20.7 Å². The van der Waals surface area contributed by atoms with E-state index in [1.165, 1.54) is 22.7 Å². The topological polar surface area (TPSA) is 68.0 Å². The molecule has 0 aliphatic rings. The molecule has 0 spiro atoms. The number of benzene rings is 1. The Morgan fingerprint density at radius 1 is 1.37 bits per heavy atom. The molecule has 96 valence electrons. The normalized spacial score (nSPS) is 10.8. The van der Waals surface area contributed by atoms with E-state index in [-0.39, 0.29) is 5.91 Å². The van der Waals surface area contributed by atoms with Crippen LogP contribution in [0.25, 0.3) is 10.2 Å². The fourth-order valence-electron chi connectivity index (χ4n) is 1.60. The lowest BCUT2D eigenvalue weighted by atomic mass is 10.3. The van der Waals surface area contributed by atoms with Gasteiger partial charge in [0.05, 0.1) is 15.2 Å². The first-order valence-corrected chi connectivity index (χ1v) is 7.41. The molecule has 0 radical (unpaired) electrons.